The van der Waals surface area contributed by atoms with Crippen LogP contribution in [0.4, 0.5) is 0 Å². The molecule has 0 aliphatic rings. The molecule has 0 aliphatic carbocycles. The lowest BCUT2D eigenvalue weighted by molar-refractivity contribution is -0.120. The van der Waals surface area contributed by atoms with Crippen molar-refractivity contribution in [2.75, 3.05) is 5.75 Å². The number of thiol groups is 1. The number of carbonyl (C=O) groups is 1. The van der Waals surface area contributed by atoms with Crippen LogP contribution >= 0.6 is 12.6 Å². The first-order chi connectivity index (χ1) is 9.78. The van der Waals surface area contributed by atoms with Gasteiger partial charge in [-0.05, 0) is 23.4 Å². The molecule has 1 N–H and O–H groups in total. The number of para-hydroxylation sites is 1. The Balaban J connectivity index is 1.88. The maximum absolute atomic E-state index is 11.3. The Morgan fingerprint density at radius 3 is 2.65 bits per heavy atom. The molecule has 0 aliphatic heterocycles. The number of carbonyl (C=O) groups excluding carboxylic acids is 1. The SMILES string of the molecule is O=C(CCS)NCc1ccc(Oc2ccccc2)nc1. The van der Waals surface area contributed by atoms with Crippen LogP contribution in [0, 0.1) is 0 Å². The lowest BCUT2D eigenvalue weighted by Crippen LogP contribution is -2.22. The monoisotopic (exact) mass is 288 g/mol. The van der Waals surface area contributed by atoms with Crippen molar-refractivity contribution in [1.82, 2.24) is 10.3 Å². The van der Waals surface area contributed by atoms with E-state index in [0.29, 0.717) is 24.6 Å². The predicted molar refractivity (Wildman–Crippen MR) is 81.1 cm³/mol. The summed E-state index contributed by atoms with van der Waals surface area (Å²) >= 11 is 4.01. The van der Waals surface area contributed by atoms with Crippen LogP contribution < -0.4 is 10.1 Å². The first-order valence-electron chi connectivity index (χ1n) is 6.33. The van der Waals surface area contributed by atoms with E-state index in [-0.39, 0.29) is 5.91 Å². The molecule has 0 saturated carbocycles. The summed E-state index contributed by atoms with van der Waals surface area (Å²) in [7, 11) is 0. The summed E-state index contributed by atoms with van der Waals surface area (Å²) in [5, 5.41) is 2.80. The van der Waals surface area contributed by atoms with Gasteiger partial charge in [0.25, 0.3) is 0 Å². The van der Waals surface area contributed by atoms with Gasteiger partial charge in [0.15, 0.2) is 0 Å². The maximum Gasteiger partial charge on any atom is 0.221 e. The molecule has 0 spiro atoms. The van der Waals surface area contributed by atoms with Crippen molar-refractivity contribution in [3.05, 3.63) is 54.2 Å². The number of benzene rings is 1. The summed E-state index contributed by atoms with van der Waals surface area (Å²) in [5.74, 6) is 1.81. The van der Waals surface area contributed by atoms with E-state index in [2.05, 4.69) is 22.9 Å². The summed E-state index contributed by atoms with van der Waals surface area (Å²) < 4.78 is 5.59. The Bertz CT molecular complexity index is 544. The second-order valence-electron chi connectivity index (χ2n) is 4.17. The van der Waals surface area contributed by atoms with E-state index in [1.807, 2.05) is 36.4 Å². The number of nitrogens with one attached hydrogen (secondary N) is 1. The number of hydrogen-bond acceptors (Lipinski definition) is 4. The number of nitrogens with zero attached hydrogens (tertiary/aromatic N) is 1. The molecule has 1 aromatic heterocycles. The normalized spacial score (nSPS) is 10.1. The Hall–Kier alpha value is -2.01. The van der Waals surface area contributed by atoms with Gasteiger partial charge in [-0.1, -0.05) is 24.3 Å². The zero-order chi connectivity index (χ0) is 14.2. The molecule has 0 unspecified atom stereocenters. The van der Waals surface area contributed by atoms with Gasteiger partial charge in [0.05, 0.1) is 0 Å². The third-order valence-corrected chi connectivity index (χ3v) is 2.82. The molecule has 1 aromatic carbocycles. The van der Waals surface area contributed by atoms with Crippen molar-refractivity contribution in [2.24, 2.45) is 0 Å². The average molecular weight is 288 g/mol. The lowest BCUT2D eigenvalue weighted by Gasteiger charge is -2.06. The van der Waals surface area contributed by atoms with Crippen molar-refractivity contribution in [2.45, 2.75) is 13.0 Å². The third-order valence-electron chi connectivity index (χ3n) is 2.59. The van der Waals surface area contributed by atoms with Gasteiger partial charge in [0.1, 0.15) is 5.75 Å². The Labute approximate surface area is 123 Å². The van der Waals surface area contributed by atoms with E-state index >= 15 is 0 Å². The second kappa shape index (κ2) is 7.55. The van der Waals surface area contributed by atoms with Gasteiger partial charge in [0, 0.05) is 25.2 Å². The highest BCUT2D eigenvalue weighted by Gasteiger charge is 2.01. The van der Waals surface area contributed by atoms with E-state index < -0.39 is 0 Å². The molecule has 5 heteroatoms. The molecule has 0 bridgehead atoms. The fourth-order valence-corrected chi connectivity index (χ4v) is 1.78. The number of ether oxygens (including phenoxy) is 1. The summed E-state index contributed by atoms with van der Waals surface area (Å²) in [6.07, 6.45) is 2.12. The van der Waals surface area contributed by atoms with E-state index in [9.17, 15) is 4.79 Å². The van der Waals surface area contributed by atoms with E-state index in [1.165, 1.54) is 0 Å². The first kappa shape index (κ1) is 14.4. The molecule has 104 valence electrons. The maximum atomic E-state index is 11.3. The van der Waals surface area contributed by atoms with E-state index in [4.69, 9.17) is 4.74 Å². The highest BCUT2D eigenvalue weighted by molar-refractivity contribution is 7.80. The first-order valence-corrected chi connectivity index (χ1v) is 6.96. The molecule has 1 amide bonds. The quantitative estimate of drug-likeness (QED) is 0.804. The third kappa shape index (κ3) is 4.59. The molecule has 0 saturated heterocycles. The fraction of sp³-hybridized carbons (Fsp3) is 0.200. The van der Waals surface area contributed by atoms with E-state index in [1.54, 1.807) is 12.3 Å². The predicted octanol–water partition coefficient (Wildman–Crippen LogP) is 2.81. The van der Waals surface area contributed by atoms with Gasteiger partial charge < -0.3 is 10.1 Å². The van der Waals surface area contributed by atoms with Gasteiger partial charge in [-0.3, -0.25) is 4.79 Å². The minimum Gasteiger partial charge on any atom is -0.439 e. The minimum absolute atomic E-state index is 0.00962. The van der Waals surface area contributed by atoms with Gasteiger partial charge in [-0.15, -0.1) is 0 Å². The van der Waals surface area contributed by atoms with Gasteiger partial charge in [-0.25, -0.2) is 4.98 Å². The molecule has 2 rings (SSSR count). The summed E-state index contributed by atoms with van der Waals surface area (Å²) in [6.45, 7) is 0.464. The van der Waals surface area contributed by atoms with Gasteiger partial charge in [0.2, 0.25) is 11.8 Å². The molecule has 4 nitrogen and oxygen atoms in total. The summed E-state index contributed by atoms with van der Waals surface area (Å²) in [5.41, 5.74) is 0.929. The molecule has 2 aromatic rings. The molecule has 0 atom stereocenters. The van der Waals surface area contributed by atoms with Crippen molar-refractivity contribution in [3.8, 4) is 11.6 Å². The van der Waals surface area contributed by atoms with E-state index in [0.717, 1.165) is 11.3 Å². The van der Waals surface area contributed by atoms with Crippen LogP contribution in [0.15, 0.2) is 48.7 Å². The van der Waals surface area contributed by atoms with Crippen molar-refractivity contribution < 1.29 is 9.53 Å². The van der Waals surface area contributed by atoms with Crippen LogP contribution in [0.25, 0.3) is 0 Å². The van der Waals surface area contributed by atoms with Gasteiger partial charge >= 0.3 is 0 Å². The largest absolute Gasteiger partial charge is 0.439 e. The number of rotatable bonds is 6. The fourth-order valence-electron chi connectivity index (χ4n) is 1.58. The van der Waals surface area contributed by atoms with Crippen LogP contribution in [0.2, 0.25) is 0 Å². The molecular formula is C15H16N2O2S. The van der Waals surface area contributed by atoms with Gasteiger partial charge in [-0.2, -0.15) is 12.6 Å². The Morgan fingerprint density at radius 2 is 2.00 bits per heavy atom. The molecular weight excluding hydrogens is 272 g/mol. The topological polar surface area (TPSA) is 51.2 Å². The van der Waals surface area contributed by atoms with Crippen molar-refractivity contribution in [3.63, 3.8) is 0 Å². The van der Waals surface area contributed by atoms with Crippen molar-refractivity contribution in [1.29, 1.82) is 0 Å². The van der Waals surface area contributed by atoms with Crippen LogP contribution in [-0.4, -0.2) is 16.6 Å². The van der Waals surface area contributed by atoms with Crippen LogP contribution in [0.5, 0.6) is 11.6 Å². The Kier molecular flexibility index (Phi) is 5.43. The standard InChI is InChI=1S/C15H16N2O2S/c18-14(8-9-20)16-10-12-6-7-15(17-11-12)19-13-4-2-1-3-5-13/h1-7,11,20H,8-10H2,(H,16,18). The Morgan fingerprint density at radius 1 is 1.20 bits per heavy atom. The molecule has 0 fully saturated rings. The smallest absolute Gasteiger partial charge is 0.221 e. The molecule has 1 heterocycles. The number of amides is 1. The molecule has 20 heavy (non-hydrogen) atoms. The highest BCUT2D eigenvalue weighted by Crippen LogP contribution is 2.18. The number of pyridine rings is 1. The lowest BCUT2D eigenvalue weighted by atomic mass is 10.3. The number of hydrogen-bond donors (Lipinski definition) is 2. The van der Waals surface area contributed by atoms with Crippen molar-refractivity contribution >= 4 is 18.5 Å². The minimum atomic E-state index is -0.00962. The van der Waals surface area contributed by atoms with Crippen LogP contribution in [0.3, 0.4) is 0 Å². The highest BCUT2D eigenvalue weighted by atomic mass is 32.1. The zero-order valence-corrected chi connectivity index (χ0v) is 11.8. The average Bonchev–Trinajstić information content (AvgIpc) is 2.48. The van der Waals surface area contributed by atoms with Crippen LogP contribution in [-0.2, 0) is 11.3 Å². The summed E-state index contributed by atoms with van der Waals surface area (Å²) in [4.78, 5) is 15.5. The van der Waals surface area contributed by atoms with Crippen LogP contribution in [0.1, 0.15) is 12.0 Å². The number of aromatic nitrogens is 1. The summed E-state index contributed by atoms with van der Waals surface area (Å²) in [6, 6.07) is 13.1. The second-order valence-corrected chi connectivity index (χ2v) is 4.62. The zero-order valence-electron chi connectivity index (χ0n) is 11.0. The molecule has 0 radical (unpaired) electrons.